The highest BCUT2D eigenvalue weighted by atomic mass is 28.4. The summed E-state index contributed by atoms with van der Waals surface area (Å²) in [5, 5.41) is 2.71. The van der Waals surface area contributed by atoms with Crippen molar-refractivity contribution in [1.82, 2.24) is 5.32 Å². The van der Waals surface area contributed by atoms with Gasteiger partial charge in [0.25, 0.3) is 0 Å². The first-order valence-electron chi connectivity index (χ1n) is 34.1. The maximum atomic E-state index is 13.8. The molecule has 0 aromatic heterocycles. The predicted molar refractivity (Wildman–Crippen MR) is 366 cm³/mol. The SMILES string of the molecule is C=CCOC(=O)NC[C@H](C)[C@@H](C)CC(=C)C(=O)CCCC(=C)C[C@@H]1CC[C@@](C)(O[Si](CC)(CC)CC)[C@]2(CC[C@@]3(CCC[C@H](C[C@@]45C[C@@H](C)[C@@H](O[Si](C)(C)C(C)(C)C)[C@@H](O4)[C@H](/C=C/C(=C)[C@@H](COC(=O)c4ccc(OC)cc4)OC(=O)c4ccc(OC)cc4)O5)O3)O2)O1. The Morgan fingerprint density at radius 3 is 2.05 bits per heavy atom. The summed E-state index contributed by atoms with van der Waals surface area (Å²) in [6.45, 7) is 43.5. The van der Waals surface area contributed by atoms with E-state index >= 15 is 0 Å². The number of allylic oxidation sites excluding steroid dienone is 1. The molecule has 19 heteroatoms. The molecule has 0 aliphatic carbocycles. The quantitative estimate of drug-likeness (QED) is 0.0177. The Labute approximate surface area is 557 Å². The van der Waals surface area contributed by atoms with Crippen molar-refractivity contribution in [2.75, 3.05) is 34.0 Å². The molecule has 1 N–H and O–H groups in total. The smallest absolute Gasteiger partial charge is 0.407 e. The van der Waals surface area contributed by atoms with E-state index in [0.29, 0.717) is 99.0 Å². The highest BCUT2D eigenvalue weighted by Gasteiger charge is 2.66. The molecule has 5 aliphatic rings. The van der Waals surface area contributed by atoms with E-state index in [1.54, 1.807) is 68.8 Å². The molecule has 0 radical (unpaired) electrons. The Hall–Kier alpha value is -5.23. The number of rotatable bonds is 33. The molecule has 2 bridgehead atoms. The lowest BCUT2D eigenvalue weighted by atomic mass is 9.82. The van der Waals surface area contributed by atoms with E-state index in [-0.39, 0.29) is 65.7 Å². The van der Waals surface area contributed by atoms with Crippen LogP contribution in [0.5, 0.6) is 11.5 Å². The normalized spacial score (nSPS) is 28.1. The predicted octanol–water partition coefficient (Wildman–Crippen LogP) is 16.0. The van der Waals surface area contributed by atoms with Crippen molar-refractivity contribution in [3.8, 4) is 11.5 Å². The Kier molecular flexibility index (Phi) is 26.0. The van der Waals surface area contributed by atoms with Gasteiger partial charge >= 0.3 is 18.0 Å². The van der Waals surface area contributed by atoms with Crippen molar-refractivity contribution >= 4 is 40.4 Å². The average Bonchev–Trinajstić information content (AvgIpc) is 1.62. The maximum absolute atomic E-state index is 13.8. The van der Waals surface area contributed by atoms with Crippen molar-refractivity contribution in [3.05, 3.63) is 121 Å². The molecule has 5 aliphatic heterocycles. The number of Topliss-reactive ketones (excluding diaryl/α,β-unsaturated/α-hetero) is 1. The molecule has 516 valence electrons. The molecule has 5 saturated heterocycles. The number of hydrogen-bond acceptors (Lipinski definition) is 16. The van der Waals surface area contributed by atoms with Gasteiger partial charge in [0.2, 0.25) is 0 Å². The van der Waals surface area contributed by atoms with Crippen molar-refractivity contribution in [3.63, 3.8) is 0 Å². The number of esters is 2. The molecule has 7 rings (SSSR count). The summed E-state index contributed by atoms with van der Waals surface area (Å²) in [5.74, 6) is -2.79. The van der Waals surface area contributed by atoms with Crippen LogP contribution in [-0.4, -0.2) is 134 Å². The number of alkyl carbamates (subject to hydrolysis) is 1. The zero-order valence-electron chi connectivity index (χ0n) is 58.5. The Morgan fingerprint density at radius 2 is 1.44 bits per heavy atom. The van der Waals surface area contributed by atoms with Gasteiger partial charge in [0.15, 0.2) is 45.9 Å². The molecule has 2 aromatic rings. The number of ketones is 1. The van der Waals surface area contributed by atoms with E-state index < -0.39 is 75.9 Å². The number of carbonyl (C=O) groups is 4. The van der Waals surface area contributed by atoms with Crippen LogP contribution in [0.1, 0.15) is 180 Å². The van der Waals surface area contributed by atoms with Gasteiger partial charge in [-0.25, -0.2) is 14.4 Å². The van der Waals surface area contributed by atoms with Crippen LogP contribution < -0.4 is 14.8 Å². The van der Waals surface area contributed by atoms with Gasteiger partial charge in [0.05, 0.1) is 43.7 Å². The van der Waals surface area contributed by atoms with Gasteiger partial charge in [0, 0.05) is 45.1 Å². The topological polar surface area (TPSA) is 191 Å². The van der Waals surface area contributed by atoms with E-state index in [9.17, 15) is 19.2 Å². The average molecular weight is 1330 g/mol. The third kappa shape index (κ3) is 18.9. The van der Waals surface area contributed by atoms with Gasteiger partial charge in [-0.15, -0.1) is 0 Å². The molecule has 13 atom stereocenters. The van der Waals surface area contributed by atoms with E-state index in [2.05, 4.69) is 107 Å². The fraction of sp³-hybridized carbons (Fsp3) is 0.649. The number of amides is 1. The molecular formula is C74H111NO16Si2. The Morgan fingerprint density at radius 1 is 0.796 bits per heavy atom. The lowest BCUT2D eigenvalue weighted by Crippen LogP contribution is -2.65. The standard InChI is InChI=1S/C74H111NO16Si2/c1-19-43-82-69(79)75-48-55(10)52(7)45-53(8)62(76)27-23-25-50(5)44-60-38-40-71(14,91-93(20-2,21-3)22-4)74(86-60)42-41-72(90-74)39-24-26-61(85-72)47-73-46-54(9)65(89-92(17,18)70(11,12)13)66(88-73)63(87-73)37-28-51(6)64(84-68(78)57-31-35-59(81-16)36-32-57)49-83-67(77)56-29-33-58(80-15)34-30-56/h19,28-37,52,54-55,60-61,63-66H,1,5-6,8,20-27,38-49H2,2-4,7,9-18H3,(H,75,79)/b37-28+/t52-,54+,55-,60-,61+,63-,64+,65+,66-,71+,72+,73+,74+/m0/s1. The molecule has 2 aromatic carbocycles. The van der Waals surface area contributed by atoms with Crippen LogP contribution in [0.2, 0.25) is 36.3 Å². The lowest BCUT2D eigenvalue weighted by molar-refractivity contribution is -0.400. The summed E-state index contributed by atoms with van der Waals surface area (Å²) < 4.78 is 79.3. The first-order valence-corrected chi connectivity index (χ1v) is 39.6. The zero-order chi connectivity index (χ0) is 68.2. The summed E-state index contributed by atoms with van der Waals surface area (Å²) in [4.78, 5) is 52.6. The van der Waals surface area contributed by atoms with E-state index in [1.807, 2.05) is 13.0 Å². The maximum Gasteiger partial charge on any atom is 0.407 e. The first kappa shape index (κ1) is 75.2. The second kappa shape index (κ2) is 32.2. The fourth-order valence-corrected chi connectivity index (χ4v) is 18.2. The molecular weight excluding hydrogens is 1210 g/mol. The largest absolute Gasteiger partial charge is 0.497 e. The van der Waals surface area contributed by atoms with Crippen LogP contribution >= 0.6 is 0 Å². The van der Waals surface area contributed by atoms with Crippen molar-refractivity contribution in [1.29, 1.82) is 0 Å². The summed E-state index contributed by atoms with van der Waals surface area (Å²) in [7, 11) is -1.46. The molecule has 0 unspecified atom stereocenters. The second-order valence-electron chi connectivity index (χ2n) is 28.7. The third-order valence-electron chi connectivity index (χ3n) is 20.9. The van der Waals surface area contributed by atoms with Crippen LogP contribution in [0.15, 0.2) is 110 Å². The molecule has 93 heavy (non-hydrogen) atoms. The minimum Gasteiger partial charge on any atom is -0.497 e. The van der Waals surface area contributed by atoms with Gasteiger partial charge < -0.3 is 61.5 Å². The number of nitrogens with one attached hydrogen (secondary N) is 1. The van der Waals surface area contributed by atoms with E-state index in [0.717, 1.165) is 49.4 Å². The first-order chi connectivity index (χ1) is 43.9. The van der Waals surface area contributed by atoms with Crippen LogP contribution in [0.3, 0.4) is 0 Å². The number of hydrogen-bond donors (Lipinski definition) is 1. The van der Waals surface area contributed by atoms with Crippen LogP contribution in [0.4, 0.5) is 4.79 Å². The summed E-state index contributed by atoms with van der Waals surface area (Å²) in [6, 6.07) is 16.1. The number of benzene rings is 2. The molecule has 5 heterocycles. The van der Waals surface area contributed by atoms with Gasteiger partial charge in [-0.05, 0) is 172 Å². The highest BCUT2D eigenvalue weighted by Crippen LogP contribution is 2.58. The van der Waals surface area contributed by atoms with Gasteiger partial charge in [-0.1, -0.05) is 112 Å². The van der Waals surface area contributed by atoms with Gasteiger partial charge in [-0.2, -0.15) is 0 Å². The van der Waals surface area contributed by atoms with Crippen LogP contribution in [0.25, 0.3) is 0 Å². The van der Waals surface area contributed by atoms with Crippen molar-refractivity contribution < 1.29 is 75.4 Å². The second-order valence-corrected chi connectivity index (χ2v) is 38.1. The number of methoxy groups -OCH3 is 2. The monoisotopic (exact) mass is 1330 g/mol. The number of ether oxygens (including phenoxy) is 10. The Balaban J connectivity index is 1.07. The summed E-state index contributed by atoms with van der Waals surface area (Å²) in [6.07, 6.45) is 10.8. The van der Waals surface area contributed by atoms with Gasteiger partial charge in [-0.3, -0.25) is 4.79 Å². The van der Waals surface area contributed by atoms with Crippen LogP contribution in [-0.2, 0) is 51.5 Å². The van der Waals surface area contributed by atoms with E-state index in [1.165, 1.54) is 6.08 Å². The van der Waals surface area contributed by atoms with E-state index in [4.69, 9.17) is 56.2 Å². The fourth-order valence-electron chi connectivity index (χ4n) is 13.6. The summed E-state index contributed by atoms with van der Waals surface area (Å²) >= 11 is 0. The van der Waals surface area contributed by atoms with Crippen LogP contribution in [0, 0.1) is 17.8 Å². The molecule has 1 amide bonds. The van der Waals surface area contributed by atoms with Gasteiger partial charge in [0.1, 0.15) is 42.5 Å². The number of fused-ring (bicyclic) bond motifs is 2. The minimum atomic E-state index is -2.36. The Bertz CT molecular complexity index is 2930. The lowest BCUT2D eigenvalue weighted by Gasteiger charge is -2.55. The highest BCUT2D eigenvalue weighted by molar-refractivity contribution is 6.74. The molecule has 5 fully saturated rings. The molecule has 2 spiro atoms. The molecule has 17 nitrogen and oxygen atoms in total. The van der Waals surface area contributed by atoms with Crippen molar-refractivity contribution in [2.24, 2.45) is 17.8 Å². The minimum absolute atomic E-state index is 0.0402. The number of carbonyl (C=O) groups excluding carboxylic acids is 4. The summed E-state index contributed by atoms with van der Waals surface area (Å²) in [5.41, 5.74) is 1.85. The van der Waals surface area contributed by atoms with Crippen molar-refractivity contribution in [2.45, 2.75) is 255 Å². The zero-order valence-corrected chi connectivity index (χ0v) is 60.5. The molecule has 0 saturated carbocycles. The third-order valence-corrected chi connectivity index (χ3v) is 30.1.